The summed E-state index contributed by atoms with van der Waals surface area (Å²) in [5.74, 6) is -1.32. The molecule has 0 saturated heterocycles. The molecule has 0 amide bonds. The van der Waals surface area contributed by atoms with E-state index in [1.807, 2.05) is 6.92 Å². The van der Waals surface area contributed by atoms with Crippen molar-refractivity contribution < 1.29 is 28.6 Å². The third kappa shape index (κ3) is 7.23. The van der Waals surface area contributed by atoms with Gasteiger partial charge in [0.05, 0.1) is 19.6 Å². The van der Waals surface area contributed by atoms with Crippen molar-refractivity contribution in [3.05, 3.63) is 0 Å². The van der Waals surface area contributed by atoms with Crippen molar-refractivity contribution in [2.75, 3.05) is 13.2 Å². The number of carbonyl (C=O) groups is 3. The van der Waals surface area contributed by atoms with Gasteiger partial charge in [0.25, 0.3) is 0 Å². The van der Waals surface area contributed by atoms with Crippen LogP contribution in [-0.2, 0) is 28.6 Å². The number of ether oxygens (including phenoxy) is 3. The number of ketones is 1. The largest absolute Gasteiger partial charge is 0.466 e. The van der Waals surface area contributed by atoms with Crippen molar-refractivity contribution >= 4 is 17.7 Å². The van der Waals surface area contributed by atoms with Crippen molar-refractivity contribution in [3.63, 3.8) is 0 Å². The molecule has 0 aromatic carbocycles. The van der Waals surface area contributed by atoms with Crippen LogP contribution in [0.25, 0.3) is 0 Å². The van der Waals surface area contributed by atoms with Crippen LogP contribution in [0, 0.1) is 0 Å². The molecule has 6 heteroatoms. The predicted molar refractivity (Wildman–Crippen MR) is 72.1 cm³/mol. The fourth-order valence-corrected chi connectivity index (χ4v) is 1.57. The topological polar surface area (TPSA) is 78.9 Å². The lowest BCUT2D eigenvalue weighted by Crippen LogP contribution is -2.35. The lowest BCUT2D eigenvalue weighted by atomic mass is 10.1. The smallest absolute Gasteiger partial charge is 0.335 e. The Labute approximate surface area is 119 Å². The molecule has 0 aliphatic rings. The molecule has 0 saturated carbocycles. The average Bonchev–Trinajstić information content (AvgIpc) is 2.38. The summed E-state index contributed by atoms with van der Waals surface area (Å²) >= 11 is 0. The van der Waals surface area contributed by atoms with Gasteiger partial charge in [0.15, 0.2) is 11.9 Å². The van der Waals surface area contributed by atoms with E-state index in [4.69, 9.17) is 14.2 Å². The molecule has 1 unspecified atom stereocenters. The lowest BCUT2D eigenvalue weighted by Gasteiger charge is -2.19. The van der Waals surface area contributed by atoms with E-state index in [-0.39, 0.29) is 25.4 Å². The van der Waals surface area contributed by atoms with Crippen LogP contribution >= 0.6 is 0 Å². The van der Waals surface area contributed by atoms with Gasteiger partial charge in [0, 0.05) is 6.42 Å². The van der Waals surface area contributed by atoms with Gasteiger partial charge < -0.3 is 14.2 Å². The molecule has 0 aliphatic carbocycles. The van der Waals surface area contributed by atoms with Gasteiger partial charge in [-0.3, -0.25) is 9.59 Å². The highest BCUT2D eigenvalue weighted by atomic mass is 16.6. The molecular formula is C14H24O6. The van der Waals surface area contributed by atoms with Gasteiger partial charge in [-0.25, -0.2) is 4.79 Å². The number of hydrogen-bond donors (Lipinski definition) is 0. The van der Waals surface area contributed by atoms with Crippen molar-refractivity contribution in [2.24, 2.45) is 0 Å². The molecule has 0 bridgehead atoms. The molecule has 116 valence electrons. The standard InChI is InChI=1S/C14H24O6/c1-5-8-11(15)10(4)20-12(14(17)19-7-3)9-13(16)18-6-2/h10,12H,5-9H2,1-4H3/t10-,12?/m0/s1. The van der Waals surface area contributed by atoms with E-state index in [1.54, 1.807) is 20.8 Å². The van der Waals surface area contributed by atoms with Crippen LogP contribution in [0.2, 0.25) is 0 Å². The Morgan fingerprint density at radius 2 is 1.60 bits per heavy atom. The molecule has 0 aromatic heterocycles. The maximum absolute atomic E-state index is 11.7. The minimum Gasteiger partial charge on any atom is -0.466 e. The first-order valence-electron chi connectivity index (χ1n) is 6.96. The zero-order valence-corrected chi connectivity index (χ0v) is 12.6. The van der Waals surface area contributed by atoms with Crippen LogP contribution in [0.3, 0.4) is 0 Å². The van der Waals surface area contributed by atoms with Gasteiger partial charge in [0.1, 0.15) is 6.10 Å². The van der Waals surface area contributed by atoms with Crippen LogP contribution in [0.15, 0.2) is 0 Å². The van der Waals surface area contributed by atoms with Gasteiger partial charge in [-0.15, -0.1) is 0 Å². The van der Waals surface area contributed by atoms with Crippen LogP contribution in [0.5, 0.6) is 0 Å². The van der Waals surface area contributed by atoms with Crippen molar-refractivity contribution in [1.82, 2.24) is 0 Å². The molecule has 20 heavy (non-hydrogen) atoms. The summed E-state index contributed by atoms with van der Waals surface area (Å²) in [6, 6.07) is 0. The highest BCUT2D eigenvalue weighted by Crippen LogP contribution is 2.10. The van der Waals surface area contributed by atoms with Gasteiger partial charge in [-0.1, -0.05) is 6.92 Å². The highest BCUT2D eigenvalue weighted by molar-refractivity contribution is 5.84. The number of carbonyl (C=O) groups excluding carboxylic acids is 3. The Morgan fingerprint density at radius 3 is 2.10 bits per heavy atom. The van der Waals surface area contributed by atoms with E-state index in [2.05, 4.69) is 0 Å². The Morgan fingerprint density at radius 1 is 1.00 bits per heavy atom. The van der Waals surface area contributed by atoms with Crippen molar-refractivity contribution in [1.29, 1.82) is 0 Å². The Kier molecular flexibility index (Phi) is 9.63. The zero-order valence-electron chi connectivity index (χ0n) is 12.6. The van der Waals surface area contributed by atoms with Crippen LogP contribution in [-0.4, -0.2) is 43.1 Å². The quantitative estimate of drug-likeness (QED) is 0.569. The molecule has 0 rings (SSSR count). The van der Waals surface area contributed by atoms with E-state index < -0.39 is 24.1 Å². The van der Waals surface area contributed by atoms with Gasteiger partial charge in [0.2, 0.25) is 0 Å². The summed E-state index contributed by atoms with van der Waals surface area (Å²) in [5.41, 5.74) is 0. The summed E-state index contributed by atoms with van der Waals surface area (Å²) in [6.45, 7) is 7.18. The summed E-state index contributed by atoms with van der Waals surface area (Å²) in [6.07, 6.45) is -1.04. The summed E-state index contributed by atoms with van der Waals surface area (Å²) in [7, 11) is 0. The van der Waals surface area contributed by atoms with Crippen LogP contribution in [0.1, 0.15) is 47.0 Å². The van der Waals surface area contributed by atoms with Crippen LogP contribution in [0.4, 0.5) is 0 Å². The number of hydrogen-bond acceptors (Lipinski definition) is 6. The normalized spacial score (nSPS) is 13.4. The monoisotopic (exact) mass is 288 g/mol. The van der Waals surface area contributed by atoms with E-state index in [0.29, 0.717) is 12.8 Å². The first-order valence-corrected chi connectivity index (χ1v) is 6.96. The predicted octanol–water partition coefficient (Wildman–Crippen LogP) is 1.65. The second-order valence-corrected chi connectivity index (χ2v) is 4.24. The van der Waals surface area contributed by atoms with E-state index in [1.165, 1.54) is 0 Å². The zero-order chi connectivity index (χ0) is 15.5. The Bertz CT molecular complexity index is 326. The lowest BCUT2D eigenvalue weighted by molar-refractivity contribution is -0.168. The fraction of sp³-hybridized carbons (Fsp3) is 0.786. The molecule has 0 aliphatic heterocycles. The molecule has 6 nitrogen and oxygen atoms in total. The van der Waals surface area contributed by atoms with Gasteiger partial charge in [-0.05, 0) is 27.2 Å². The molecule has 0 radical (unpaired) electrons. The number of Topliss-reactive ketones (excluding diaryl/α,β-unsaturated/α-hetero) is 1. The maximum Gasteiger partial charge on any atom is 0.335 e. The second-order valence-electron chi connectivity index (χ2n) is 4.24. The van der Waals surface area contributed by atoms with Crippen LogP contribution < -0.4 is 0 Å². The fourth-order valence-electron chi connectivity index (χ4n) is 1.57. The Hall–Kier alpha value is -1.43. The average molecular weight is 288 g/mol. The first-order chi connectivity index (χ1) is 9.46. The second kappa shape index (κ2) is 10.4. The van der Waals surface area contributed by atoms with Gasteiger partial charge in [-0.2, -0.15) is 0 Å². The third-order valence-corrected chi connectivity index (χ3v) is 2.53. The molecule has 0 heterocycles. The molecule has 0 spiro atoms. The molecule has 0 aromatic rings. The molecule has 0 N–H and O–H groups in total. The van der Waals surface area contributed by atoms with Crippen molar-refractivity contribution in [2.45, 2.75) is 59.2 Å². The van der Waals surface area contributed by atoms with E-state index in [9.17, 15) is 14.4 Å². The molecule has 2 atom stereocenters. The number of esters is 2. The SMILES string of the molecule is CCCC(=O)[C@H](C)OC(CC(=O)OCC)C(=O)OCC. The first kappa shape index (κ1) is 18.6. The number of rotatable bonds is 10. The van der Waals surface area contributed by atoms with Crippen molar-refractivity contribution in [3.8, 4) is 0 Å². The summed E-state index contributed by atoms with van der Waals surface area (Å²) in [5, 5.41) is 0. The van der Waals surface area contributed by atoms with E-state index in [0.717, 1.165) is 0 Å². The van der Waals surface area contributed by atoms with E-state index >= 15 is 0 Å². The summed E-state index contributed by atoms with van der Waals surface area (Å²) < 4.78 is 15.0. The third-order valence-electron chi connectivity index (χ3n) is 2.53. The minimum absolute atomic E-state index is 0.106. The molecule has 0 fully saturated rings. The molecular weight excluding hydrogens is 264 g/mol. The minimum atomic E-state index is -1.11. The van der Waals surface area contributed by atoms with Gasteiger partial charge >= 0.3 is 11.9 Å². The maximum atomic E-state index is 11.7. The summed E-state index contributed by atoms with van der Waals surface area (Å²) in [4.78, 5) is 34.9. The Balaban J connectivity index is 4.63. The highest BCUT2D eigenvalue weighted by Gasteiger charge is 2.28.